The van der Waals surface area contributed by atoms with E-state index in [9.17, 15) is 18.8 Å². The second-order valence-corrected chi connectivity index (χ2v) is 7.12. The Kier molecular flexibility index (Phi) is 6.26. The van der Waals surface area contributed by atoms with Crippen molar-refractivity contribution in [2.24, 2.45) is 5.73 Å². The van der Waals surface area contributed by atoms with Gasteiger partial charge in [0.2, 0.25) is 17.7 Å². The predicted molar refractivity (Wildman–Crippen MR) is 107 cm³/mol. The van der Waals surface area contributed by atoms with Gasteiger partial charge in [-0.2, -0.15) is 0 Å². The third kappa shape index (κ3) is 4.80. The van der Waals surface area contributed by atoms with Crippen LogP contribution in [0.25, 0.3) is 0 Å². The smallest absolute Gasteiger partial charge is 0.229 e. The van der Waals surface area contributed by atoms with Crippen LogP contribution in [0, 0.1) is 5.82 Å². The zero-order valence-electron chi connectivity index (χ0n) is 16.3. The summed E-state index contributed by atoms with van der Waals surface area (Å²) in [6.07, 6.45) is 0.789. The van der Waals surface area contributed by atoms with Crippen molar-refractivity contribution in [3.05, 3.63) is 65.5 Å². The molecule has 2 N–H and O–H groups in total. The van der Waals surface area contributed by atoms with Crippen LogP contribution in [0.2, 0.25) is 0 Å². The number of carbonyl (C=O) groups excluding carboxylic acids is 3. The van der Waals surface area contributed by atoms with Gasteiger partial charge in [-0.05, 0) is 41.8 Å². The first-order chi connectivity index (χ1) is 13.9. The van der Waals surface area contributed by atoms with E-state index in [1.807, 2.05) is 24.3 Å². The summed E-state index contributed by atoms with van der Waals surface area (Å²) in [5.74, 6) is -1.30. The highest BCUT2D eigenvalue weighted by atomic mass is 19.1. The van der Waals surface area contributed by atoms with Crippen molar-refractivity contribution < 1.29 is 18.8 Å². The fourth-order valence-corrected chi connectivity index (χ4v) is 3.77. The van der Waals surface area contributed by atoms with E-state index in [0.717, 1.165) is 17.5 Å². The summed E-state index contributed by atoms with van der Waals surface area (Å²) in [6.45, 7) is 2.13. The molecule has 2 aromatic carbocycles. The number of carbonyl (C=O) groups is 3. The lowest BCUT2D eigenvalue weighted by molar-refractivity contribution is -0.133. The molecule has 0 bridgehead atoms. The summed E-state index contributed by atoms with van der Waals surface area (Å²) in [6, 6.07) is 12.9. The van der Waals surface area contributed by atoms with Gasteiger partial charge in [0.15, 0.2) is 0 Å². The number of primary amides is 1. The van der Waals surface area contributed by atoms with Crippen LogP contribution in [0.3, 0.4) is 0 Å². The minimum atomic E-state index is -0.529. The molecule has 0 radical (unpaired) electrons. The highest BCUT2D eigenvalue weighted by Crippen LogP contribution is 2.33. The van der Waals surface area contributed by atoms with E-state index >= 15 is 0 Å². The topological polar surface area (TPSA) is 83.7 Å². The van der Waals surface area contributed by atoms with E-state index in [1.165, 1.54) is 36.1 Å². The Hall–Kier alpha value is -3.22. The third-order valence-corrected chi connectivity index (χ3v) is 5.21. The van der Waals surface area contributed by atoms with Crippen molar-refractivity contribution in [3.63, 3.8) is 0 Å². The molecule has 0 saturated carbocycles. The third-order valence-electron chi connectivity index (χ3n) is 5.21. The molecular formula is C22H24FN3O3. The molecular weight excluding hydrogens is 373 g/mol. The Morgan fingerprint density at radius 3 is 2.48 bits per heavy atom. The molecule has 1 unspecified atom stereocenters. The molecule has 1 aliphatic rings. The second-order valence-electron chi connectivity index (χ2n) is 7.12. The van der Waals surface area contributed by atoms with Crippen LogP contribution in [0.5, 0.6) is 0 Å². The number of amides is 3. The molecule has 6 nitrogen and oxygen atoms in total. The highest BCUT2D eigenvalue weighted by Gasteiger charge is 2.32. The average Bonchev–Trinajstić information content (AvgIpc) is 2.69. The summed E-state index contributed by atoms with van der Waals surface area (Å²) >= 11 is 0. The van der Waals surface area contributed by atoms with E-state index < -0.39 is 11.7 Å². The van der Waals surface area contributed by atoms with Crippen LogP contribution in [-0.4, -0.2) is 35.7 Å². The number of hydrogen-bond donors (Lipinski definition) is 1. The van der Waals surface area contributed by atoms with E-state index in [0.29, 0.717) is 12.2 Å². The van der Waals surface area contributed by atoms with Crippen LogP contribution in [0.15, 0.2) is 48.5 Å². The molecule has 3 amide bonds. The standard InChI is InChI=1S/C22H24FN3O3/c1-15(27)25-12-10-16-4-2-3-5-19(16)20(25)14-22(29)26(13-11-21(24)28)18-8-6-17(23)7-9-18/h2-9,20H,10-14H2,1H3,(H2,24,28). The maximum absolute atomic E-state index is 13.3. The number of halogens is 1. The summed E-state index contributed by atoms with van der Waals surface area (Å²) in [5, 5.41) is 0. The number of rotatable bonds is 6. The van der Waals surface area contributed by atoms with E-state index in [2.05, 4.69) is 0 Å². The molecule has 1 atom stereocenters. The first-order valence-corrected chi connectivity index (χ1v) is 9.56. The van der Waals surface area contributed by atoms with Gasteiger partial charge < -0.3 is 15.5 Å². The number of hydrogen-bond acceptors (Lipinski definition) is 3. The van der Waals surface area contributed by atoms with Crippen LogP contribution in [-0.2, 0) is 20.8 Å². The first-order valence-electron chi connectivity index (χ1n) is 9.56. The zero-order valence-corrected chi connectivity index (χ0v) is 16.3. The zero-order chi connectivity index (χ0) is 21.0. The van der Waals surface area contributed by atoms with E-state index in [-0.39, 0.29) is 37.2 Å². The molecule has 2 aromatic rings. The van der Waals surface area contributed by atoms with Crippen molar-refractivity contribution in [2.45, 2.75) is 32.2 Å². The SMILES string of the molecule is CC(=O)N1CCc2ccccc2C1CC(=O)N(CCC(N)=O)c1ccc(F)cc1. The molecule has 1 aliphatic heterocycles. The van der Waals surface area contributed by atoms with Crippen molar-refractivity contribution in [2.75, 3.05) is 18.0 Å². The number of benzene rings is 2. The van der Waals surface area contributed by atoms with Gasteiger partial charge in [-0.15, -0.1) is 0 Å². The van der Waals surface area contributed by atoms with Crippen LogP contribution in [0.4, 0.5) is 10.1 Å². The van der Waals surface area contributed by atoms with Gasteiger partial charge in [-0.25, -0.2) is 4.39 Å². The predicted octanol–water partition coefficient (Wildman–Crippen LogP) is 2.57. The molecule has 1 heterocycles. The molecule has 0 fully saturated rings. The minimum absolute atomic E-state index is 0.0131. The summed E-state index contributed by atoms with van der Waals surface area (Å²) in [5.41, 5.74) is 7.82. The molecule has 3 rings (SSSR count). The molecule has 29 heavy (non-hydrogen) atoms. The second kappa shape index (κ2) is 8.86. The maximum Gasteiger partial charge on any atom is 0.229 e. The average molecular weight is 397 g/mol. The fourth-order valence-electron chi connectivity index (χ4n) is 3.77. The maximum atomic E-state index is 13.3. The van der Waals surface area contributed by atoms with Gasteiger partial charge in [0.05, 0.1) is 12.5 Å². The van der Waals surface area contributed by atoms with Crippen LogP contribution >= 0.6 is 0 Å². The van der Waals surface area contributed by atoms with Crippen molar-refractivity contribution in [1.82, 2.24) is 4.90 Å². The van der Waals surface area contributed by atoms with Gasteiger partial charge in [-0.3, -0.25) is 14.4 Å². The lowest BCUT2D eigenvalue weighted by atomic mass is 9.90. The summed E-state index contributed by atoms with van der Waals surface area (Å²) in [4.78, 5) is 39.8. The fraction of sp³-hybridized carbons (Fsp3) is 0.318. The summed E-state index contributed by atoms with van der Waals surface area (Å²) < 4.78 is 13.3. The number of nitrogens with two attached hydrogens (primary N) is 1. The van der Waals surface area contributed by atoms with Gasteiger partial charge in [0, 0.05) is 32.1 Å². The number of nitrogens with zero attached hydrogens (tertiary/aromatic N) is 2. The molecule has 152 valence electrons. The minimum Gasteiger partial charge on any atom is -0.370 e. The normalized spacial score (nSPS) is 15.5. The Labute approximate surface area is 169 Å². The van der Waals surface area contributed by atoms with Gasteiger partial charge in [0.1, 0.15) is 5.82 Å². The Morgan fingerprint density at radius 1 is 1.14 bits per heavy atom. The molecule has 0 saturated heterocycles. The number of fused-ring (bicyclic) bond motifs is 1. The Balaban J connectivity index is 1.89. The van der Waals surface area contributed by atoms with Gasteiger partial charge in [0.25, 0.3) is 0 Å². The van der Waals surface area contributed by atoms with Crippen molar-refractivity contribution in [1.29, 1.82) is 0 Å². The lowest BCUT2D eigenvalue weighted by Gasteiger charge is -2.37. The van der Waals surface area contributed by atoms with Gasteiger partial charge >= 0.3 is 0 Å². The van der Waals surface area contributed by atoms with Gasteiger partial charge in [-0.1, -0.05) is 24.3 Å². The monoisotopic (exact) mass is 397 g/mol. The van der Waals surface area contributed by atoms with Crippen LogP contribution in [0.1, 0.15) is 36.9 Å². The highest BCUT2D eigenvalue weighted by molar-refractivity contribution is 5.94. The van der Waals surface area contributed by atoms with Crippen molar-refractivity contribution in [3.8, 4) is 0 Å². The van der Waals surface area contributed by atoms with Crippen LogP contribution < -0.4 is 10.6 Å². The molecule has 7 heteroatoms. The molecule has 0 aliphatic carbocycles. The number of anilines is 1. The quantitative estimate of drug-likeness (QED) is 0.813. The molecule has 0 spiro atoms. The van der Waals surface area contributed by atoms with E-state index in [4.69, 9.17) is 5.73 Å². The molecule has 0 aromatic heterocycles. The summed E-state index contributed by atoms with van der Waals surface area (Å²) in [7, 11) is 0. The first kappa shape index (κ1) is 20.5. The lowest BCUT2D eigenvalue weighted by Crippen LogP contribution is -2.42. The largest absolute Gasteiger partial charge is 0.370 e. The van der Waals surface area contributed by atoms with Crippen molar-refractivity contribution >= 4 is 23.4 Å². The Bertz CT molecular complexity index is 914. The Morgan fingerprint density at radius 2 is 1.83 bits per heavy atom. The van der Waals surface area contributed by atoms with E-state index in [1.54, 1.807) is 4.90 Å².